The summed E-state index contributed by atoms with van der Waals surface area (Å²) in [5, 5.41) is 0. The predicted molar refractivity (Wildman–Crippen MR) is 321 cm³/mol. The van der Waals surface area contributed by atoms with Gasteiger partial charge >= 0.3 is 17.9 Å². The highest BCUT2D eigenvalue weighted by atomic mass is 16.6. The van der Waals surface area contributed by atoms with Gasteiger partial charge in [0, 0.05) is 19.3 Å². The second-order valence-electron chi connectivity index (χ2n) is 23.1. The minimum absolute atomic E-state index is 0.0679. The molecular weight excluding hydrogens is 913 g/mol. The zero-order chi connectivity index (χ0) is 53.6. The van der Waals surface area contributed by atoms with Crippen LogP contribution in [0.4, 0.5) is 0 Å². The molecule has 0 fully saturated rings. The highest BCUT2D eigenvalue weighted by Crippen LogP contribution is 2.19. The topological polar surface area (TPSA) is 78.9 Å². The Labute approximate surface area is 462 Å². The Morgan fingerprint density at radius 2 is 0.459 bits per heavy atom. The molecular formula is C68H130O6. The monoisotopic (exact) mass is 1040 g/mol. The van der Waals surface area contributed by atoms with E-state index in [1.54, 1.807) is 0 Å². The van der Waals surface area contributed by atoms with Gasteiger partial charge in [0.05, 0.1) is 0 Å². The first-order valence-electron chi connectivity index (χ1n) is 33.7. The average molecular weight is 1040 g/mol. The SMILES string of the molecule is CCCC/C=C\CCCCCCCC(=O)OC(COC(=O)CCCCCCCCCCCC)COC(=O)CCCCCCCCCCCCCCCCCCCCCCCCCCCCCCCCCCCCC. The van der Waals surface area contributed by atoms with Crippen molar-refractivity contribution in [1.29, 1.82) is 0 Å². The van der Waals surface area contributed by atoms with Gasteiger partial charge in [0.2, 0.25) is 0 Å². The fourth-order valence-corrected chi connectivity index (χ4v) is 10.4. The van der Waals surface area contributed by atoms with E-state index in [0.717, 1.165) is 64.2 Å². The van der Waals surface area contributed by atoms with Gasteiger partial charge in [-0.05, 0) is 38.5 Å². The maximum atomic E-state index is 12.8. The summed E-state index contributed by atoms with van der Waals surface area (Å²) in [5.74, 6) is -0.856. The first-order chi connectivity index (χ1) is 36.5. The van der Waals surface area contributed by atoms with Crippen LogP contribution in [0.2, 0.25) is 0 Å². The van der Waals surface area contributed by atoms with Gasteiger partial charge in [-0.1, -0.05) is 341 Å². The van der Waals surface area contributed by atoms with Gasteiger partial charge < -0.3 is 14.2 Å². The third-order valence-electron chi connectivity index (χ3n) is 15.5. The van der Waals surface area contributed by atoms with Gasteiger partial charge in [0.1, 0.15) is 13.2 Å². The molecule has 0 rings (SSSR count). The molecule has 0 bridgehead atoms. The number of ether oxygens (including phenoxy) is 3. The summed E-state index contributed by atoms with van der Waals surface area (Å²) >= 11 is 0. The van der Waals surface area contributed by atoms with Crippen molar-refractivity contribution in [3.63, 3.8) is 0 Å². The summed E-state index contributed by atoms with van der Waals surface area (Å²) in [6, 6.07) is 0. The van der Waals surface area contributed by atoms with Crippen LogP contribution in [0, 0.1) is 0 Å². The van der Waals surface area contributed by atoms with Gasteiger partial charge in [-0.15, -0.1) is 0 Å². The van der Waals surface area contributed by atoms with Crippen LogP contribution in [-0.4, -0.2) is 37.2 Å². The summed E-state index contributed by atoms with van der Waals surface area (Å²) in [6.07, 6.45) is 75.7. The van der Waals surface area contributed by atoms with E-state index in [9.17, 15) is 14.4 Å². The van der Waals surface area contributed by atoms with Crippen molar-refractivity contribution in [3.05, 3.63) is 12.2 Å². The zero-order valence-corrected chi connectivity index (χ0v) is 50.4. The van der Waals surface area contributed by atoms with Gasteiger partial charge in [-0.2, -0.15) is 0 Å². The van der Waals surface area contributed by atoms with Gasteiger partial charge in [-0.25, -0.2) is 0 Å². The number of carbonyl (C=O) groups excluding carboxylic acids is 3. The molecule has 6 heteroatoms. The van der Waals surface area contributed by atoms with Crippen LogP contribution in [0.15, 0.2) is 12.2 Å². The molecule has 0 saturated carbocycles. The van der Waals surface area contributed by atoms with Crippen LogP contribution in [0.3, 0.4) is 0 Å². The molecule has 0 aromatic carbocycles. The predicted octanol–water partition coefficient (Wildman–Crippen LogP) is 22.8. The summed E-state index contributed by atoms with van der Waals surface area (Å²) < 4.78 is 16.8. The fraction of sp³-hybridized carbons (Fsp3) is 0.926. The molecule has 0 heterocycles. The molecule has 0 aliphatic rings. The molecule has 1 atom stereocenters. The van der Waals surface area contributed by atoms with E-state index in [2.05, 4.69) is 32.9 Å². The second kappa shape index (κ2) is 63.7. The highest BCUT2D eigenvalue weighted by molar-refractivity contribution is 5.71. The van der Waals surface area contributed by atoms with E-state index in [4.69, 9.17) is 14.2 Å². The largest absolute Gasteiger partial charge is 0.462 e. The zero-order valence-electron chi connectivity index (χ0n) is 50.4. The van der Waals surface area contributed by atoms with Crippen LogP contribution < -0.4 is 0 Å². The van der Waals surface area contributed by atoms with E-state index in [1.165, 1.54) is 283 Å². The fourth-order valence-electron chi connectivity index (χ4n) is 10.4. The first kappa shape index (κ1) is 72.2. The van der Waals surface area contributed by atoms with Crippen molar-refractivity contribution in [2.45, 2.75) is 393 Å². The second-order valence-corrected chi connectivity index (χ2v) is 23.1. The molecule has 1 unspecified atom stereocenters. The molecule has 0 N–H and O–H groups in total. The Morgan fingerprint density at radius 3 is 0.716 bits per heavy atom. The number of hydrogen-bond acceptors (Lipinski definition) is 6. The van der Waals surface area contributed by atoms with Crippen LogP contribution >= 0.6 is 0 Å². The summed E-state index contributed by atoms with van der Waals surface area (Å²) in [7, 11) is 0. The minimum Gasteiger partial charge on any atom is -0.462 e. The standard InChI is InChI=1S/C68H130O6/c1-4-7-10-13-16-19-22-23-24-25-26-27-28-29-30-31-32-33-34-35-36-37-38-39-40-41-42-43-44-45-47-49-52-55-58-61-67(70)73-64-65(63-72-66(69)60-57-54-51-48-21-18-15-12-9-6-3)74-68(71)62-59-56-53-50-46-20-17-14-11-8-5-2/h14,17,65H,4-13,15-16,18-64H2,1-3H3/b17-14-. The molecule has 438 valence electrons. The molecule has 0 spiro atoms. The van der Waals surface area contributed by atoms with Crippen LogP contribution in [-0.2, 0) is 28.6 Å². The van der Waals surface area contributed by atoms with Crippen LogP contribution in [0.1, 0.15) is 387 Å². The van der Waals surface area contributed by atoms with Gasteiger partial charge in [0.25, 0.3) is 0 Å². The third-order valence-corrected chi connectivity index (χ3v) is 15.5. The molecule has 0 aromatic heterocycles. The highest BCUT2D eigenvalue weighted by Gasteiger charge is 2.19. The smallest absolute Gasteiger partial charge is 0.306 e. The lowest BCUT2D eigenvalue weighted by Gasteiger charge is -2.18. The number of rotatable bonds is 63. The molecule has 0 aliphatic carbocycles. The number of unbranched alkanes of at least 4 members (excludes halogenated alkanes) is 50. The van der Waals surface area contributed by atoms with Crippen molar-refractivity contribution >= 4 is 17.9 Å². The molecule has 6 nitrogen and oxygen atoms in total. The number of esters is 3. The van der Waals surface area contributed by atoms with E-state index >= 15 is 0 Å². The maximum Gasteiger partial charge on any atom is 0.306 e. The minimum atomic E-state index is -0.768. The Morgan fingerprint density at radius 1 is 0.257 bits per heavy atom. The Balaban J connectivity index is 3.89. The van der Waals surface area contributed by atoms with Gasteiger partial charge in [0.15, 0.2) is 6.10 Å². The van der Waals surface area contributed by atoms with E-state index in [-0.39, 0.29) is 31.1 Å². The molecule has 74 heavy (non-hydrogen) atoms. The van der Waals surface area contributed by atoms with Gasteiger partial charge in [-0.3, -0.25) is 14.4 Å². The van der Waals surface area contributed by atoms with Crippen molar-refractivity contribution in [1.82, 2.24) is 0 Å². The molecule has 0 saturated heterocycles. The van der Waals surface area contributed by atoms with Crippen molar-refractivity contribution < 1.29 is 28.6 Å². The Hall–Kier alpha value is -1.85. The first-order valence-corrected chi connectivity index (χ1v) is 33.7. The lowest BCUT2D eigenvalue weighted by atomic mass is 10.0. The normalized spacial score (nSPS) is 12.0. The average Bonchev–Trinajstić information content (AvgIpc) is 3.40. The number of hydrogen-bond donors (Lipinski definition) is 0. The van der Waals surface area contributed by atoms with E-state index < -0.39 is 6.10 Å². The maximum absolute atomic E-state index is 12.8. The number of allylic oxidation sites excluding steroid dienone is 2. The van der Waals surface area contributed by atoms with Crippen LogP contribution in [0.5, 0.6) is 0 Å². The Kier molecular flexibility index (Phi) is 62.1. The molecule has 0 aliphatic heterocycles. The molecule has 0 amide bonds. The summed E-state index contributed by atoms with van der Waals surface area (Å²) in [6.45, 7) is 6.64. The van der Waals surface area contributed by atoms with Crippen LogP contribution in [0.25, 0.3) is 0 Å². The van der Waals surface area contributed by atoms with E-state index in [1.807, 2.05) is 0 Å². The summed E-state index contributed by atoms with van der Waals surface area (Å²) in [5.41, 5.74) is 0. The third kappa shape index (κ3) is 61.0. The van der Waals surface area contributed by atoms with Crippen molar-refractivity contribution in [2.24, 2.45) is 0 Å². The Bertz CT molecular complexity index is 1150. The number of carbonyl (C=O) groups is 3. The molecule has 0 radical (unpaired) electrons. The lowest BCUT2D eigenvalue weighted by Crippen LogP contribution is -2.30. The quantitative estimate of drug-likeness (QED) is 0.0261. The lowest BCUT2D eigenvalue weighted by molar-refractivity contribution is -0.167. The van der Waals surface area contributed by atoms with Crippen molar-refractivity contribution in [2.75, 3.05) is 13.2 Å². The summed E-state index contributed by atoms with van der Waals surface area (Å²) in [4.78, 5) is 38.0. The molecule has 0 aromatic rings. The van der Waals surface area contributed by atoms with E-state index in [0.29, 0.717) is 19.3 Å². The van der Waals surface area contributed by atoms with Crippen molar-refractivity contribution in [3.8, 4) is 0 Å².